The van der Waals surface area contributed by atoms with Crippen LogP contribution in [-0.2, 0) is 0 Å². The van der Waals surface area contributed by atoms with Crippen molar-refractivity contribution in [2.45, 2.75) is 97.6 Å². The van der Waals surface area contributed by atoms with Crippen LogP contribution in [0.2, 0.25) is 0 Å². The van der Waals surface area contributed by atoms with E-state index in [2.05, 4.69) is 27.7 Å². The predicted molar refractivity (Wildman–Crippen MR) is 101 cm³/mol. The minimum Gasteiger partial charge on any atom is -0.328 e. The Kier molecular flexibility index (Phi) is 7.41. The molecule has 6 unspecified atom stereocenters. The highest BCUT2D eigenvalue weighted by atomic mass is 14.7. The van der Waals surface area contributed by atoms with Gasteiger partial charge in [0.05, 0.1) is 0 Å². The topological polar surface area (TPSA) is 52.0 Å². The number of rotatable bonds is 6. The lowest BCUT2D eigenvalue weighted by Gasteiger charge is -2.39. The fraction of sp³-hybridized carbons (Fsp3) is 1.00. The average molecular weight is 323 g/mol. The smallest absolute Gasteiger partial charge is 0.00417 e. The number of hydrogen-bond donors (Lipinski definition) is 2. The maximum atomic E-state index is 6.22. The fourth-order valence-electron chi connectivity index (χ4n) is 5.60. The van der Waals surface area contributed by atoms with Gasteiger partial charge in [-0.05, 0) is 74.0 Å². The molecule has 2 fully saturated rings. The van der Waals surface area contributed by atoms with E-state index >= 15 is 0 Å². The van der Waals surface area contributed by atoms with Crippen LogP contribution in [0.4, 0.5) is 0 Å². The van der Waals surface area contributed by atoms with Gasteiger partial charge in [-0.15, -0.1) is 0 Å². The molecule has 0 aromatic heterocycles. The van der Waals surface area contributed by atoms with E-state index in [1.54, 1.807) is 0 Å². The van der Waals surface area contributed by atoms with Gasteiger partial charge in [0.2, 0.25) is 0 Å². The summed E-state index contributed by atoms with van der Waals surface area (Å²) in [5, 5.41) is 0. The molecular weight excluding hydrogens is 280 g/mol. The summed E-state index contributed by atoms with van der Waals surface area (Å²) in [7, 11) is 0. The normalized spacial score (nSPS) is 39.1. The maximum Gasteiger partial charge on any atom is 0.00417 e. The Morgan fingerprint density at radius 1 is 0.696 bits per heavy atom. The summed E-state index contributed by atoms with van der Waals surface area (Å²) < 4.78 is 0. The monoisotopic (exact) mass is 322 g/mol. The Hall–Kier alpha value is -0.0800. The second-order valence-corrected chi connectivity index (χ2v) is 9.41. The van der Waals surface area contributed by atoms with Crippen LogP contribution in [0.3, 0.4) is 0 Å². The lowest BCUT2D eigenvalue weighted by Crippen LogP contribution is -2.36. The van der Waals surface area contributed by atoms with Gasteiger partial charge in [-0.25, -0.2) is 0 Å². The molecule has 2 heteroatoms. The minimum absolute atomic E-state index is 0.462. The third-order valence-corrected chi connectivity index (χ3v) is 7.04. The quantitative estimate of drug-likeness (QED) is 0.726. The molecule has 2 aliphatic carbocycles. The van der Waals surface area contributed by atoms with Crippen molar-refractivity contribution < 1.29 is 0 Å². The summed E-state index contributed by atoms with van der Waals surface area (Å²) in [4.78, 5) is 0. The van der Waals surface area contributed by atoms with E-state index in [9.17, 15) is 0 Å². The Labute approximate surface area is 145 Å². The summed E-state index contributed by atoms with van der Waals surface area (Å²) in [6, 6.07) is 0.924. The molecule has 0 radical (unpaired) electrons. The molecule has 6 atom stereocenters. The highest BCUT2D eigenvalue weighted by molar-refractivity contribution is 4.86. The second-order valence-electron chi connectivity index (χ2n) is 9.41. The second kappa shape index (κ2) is 8.85. The largest absolute Gasteiger partial charge is 0.328 e. The molecule has 0 heterocycles. The zero-order valence-electron chi connectivity index (χ0n) is 16.1. The van der Waals surface area contributed by atoms with Crippen LogP contribution in [0.1, 0.15) is 85.5 Å². The molecule has 2 rings (SSSR count). The van der Waals surface area contributed by atoms with Gasteiger partial charge in [0.25, 0.3) is 0 Å². The molecule has 136 valence electrons. The summed E-state index contributed by atoms with van der Waals surface area (Å²) >= 11 is 0. The zero-order chi connectivity index (χ0) is 17.0. The molecule has 0 aliphatic heterocycles. The van der Waals surface area contributed by atoms with Gasteiger partial charge in [0, 0.05) is 12.1 Å². The van der Waals surface area contributed by atoms with Crippen molar-refractivity contribution >= 4 is 0 Å². The van der Waals surface area contributed by atoms with E-state index in [1.165, 1.54) is 57.8 Å². The Morgan fingerprint density at radius 3 is 1.43 bits per heavy atom. The third kappa shape index (κ3) is 5.46. The summed E-state index contributed by atoms with van der Waals surface area (Å²) in [5.74, 6) is 5.17. The zero-order valence-corrected chi connectivity index (χ0v) is 16.1. The minimum atomic E-state index is 0.462. The van der Waals surface area contributed by atoms with Crippen LogP contribution in [0.15, 0.2) is 0 Å². The lowest BCUT2D eigenvalue weighted by atomic mass is 9.68. The molecule has 2 nitrogen and oxygen atoms in total. The summed E-state index contributed by atoms with van der Waals surface area (Å²) in [5.41, 5.74) is 12.4. The highest BCUT2D eigenvalue weighted by Crippen LogP contribution is 2.41. The molecular formula is C21H42N2. The van der Waals surface area contributed by atoms with Crippen molar-refractivity contribution in [1.82, 2.24) is 0 Å². The standard InChI is InChI=1S/C21H42N2/c1-14(2)20-12-18(22)10-8-16(20)6-5-7-17-9-11-19(23)13-21(17)15(3)4/h14-21H,5-13,22-23H2,1-4H3. The van der Waals surface area contributed by atoms with Crippen molar-refractivity contribution in [3.63, 3.8) is 0 Å². The fourth-order valence-corrected chi connectivity index (χ4v) is 5.60. The van der Waals surface area contributed by atoms with Crippen molar-refractivity contribution in [3.8, 4) is 0 Å². The molecule has 0 amide bonds. The van der Waals surface area contributed by atoms with Gasteiger partial charge >= 0.3 is 0 Å². The van der Waals surface area contributed by atoms with Crippen molar-refractivity contribution in [2.24, 2.45) is 47.0 Å². The van der Waals surface area contributed by atoms with E-state index < -0.39 is 0 Å². The first-order valence-corrected chi connectivity index (χ1v) is 10.4. The van der Waals surface area contributed by atoms with E-state index in [1.807, 2.05) is 0 Å². The molecule has 2 aliphatic rings. The van der Waals surface area contributed by atoms with Gasteiger partial charge in [0.15, 0.2) is 0 Å². The van der Waals surface area contributed by atoms with Gasteiger partial charge in [0.1, 0.15) is 0 Å². The van der Waals surface area contributed by atoms with Gasteiger partial charge in [-0.2, -0.15) is 0 Å². The first-order chi connectivity index (χ1) is 10.9. The van der Waals surface area contributed by atoms with Crippen molar-refractivity contribution in [3.05, 3.63) is 0 Å². The van der Waals surface area contributed by atoms with Crippen LogP contribution in [-0.4, -0.2) is 12.1 Å². The van der Waals surface area contributed by atoms with Gasteiger partial charge in [-0.3, -0.25) is 0 Å². The van der Waals surface area contributed by atoms with Crippen LogP contribution in [0.25, 0.3) is 0 Å². The molecule has 4 N–H and O–H groups in total. The molecule has 0 aromatic carbocycles. The Morgan fingerprint density at radius 2 is 1.09 bits per heavy atom. The number of nitrogens with two attached hydrogens (primary N) is 2. The SMILES string of the molecule is CC(C)C1CC(N)CCC1CCCC1CCC(N)CC1C(C)C. The first kappa shape index (κ1) is 19.2. The Bertz CT molecular complexity index is 307. The van der Waals surface area contributed by atoms with Gasteiger partial charge in [-0.1, -0.05) is 47.0 Å². The van der Waals surface area contributed by atoms with Crippen LogP contribution in [0.5, 0.6) is 0 Å². The number of hydrogen-bond acceptors (Lipinski definition) is 2. The van der Waals surface area contributed by atoms with E-state index in [4.69, 9.17) is 11.5 Å². The molecule has 0 spiro atoms. The summed E-state index contributed by atoms with van der Waals surface area (Å²) in [6.07, 6.45) is 12.0. The van der Waals surface area contributed by atoms with E-state index in [0.29, 0.717) is 12.1 Å². The maximum absolute atomic E-state index is 6.22. The van der Waals surface area contributed by atoms with Crippen molar-refractivity contribution in [2.75, 3.05) is 0 Å². The predicted octanol–water partition coefficient (Wildman–Crippen LogP) is 4.96. The van der Waals surface area contributed by atoms with Crippen LogP contribution in [0, 0.1) is 35.5 Å². The highest BCUT2D eigenvalue weighted by Gasteiger charge is 2.33. The van der Waals surface area contributed by atoms with Crippen LogP contribution >= 0.6 is 0 Å². The van der Waals surface area contributed by atoms with Crippen molar-refractivity contribution in [1.29, 1.82) is 0 Å². The Balaban J connectivity index is 1.81. The first-order valence-electron chi connectivity index (χ1n) is 10.4. The summed E-state index contributed by atoms with van der Waals surface area (Å²) in [6.45, 7) is 9.58. The lowest BCUT2D eigenvalue weighted by molar-refractivity contribution is 0.130. The molecule has 0 bridgehead atoms. The van der Waals surface area contributed by atoms with Crippen LogP contribution < -0.4 is 11.5 Å². The van der Waals surface area contributed by atoms with E-state index in [0.717, 1.165) is 35.5 Å². The average Bonchev–Trinajstić information content (AvgIpc) is 2.49. The third-order valence-electron chi connectivity index (χ3n) is 7.04. The molecule has 0 aromatic rings. The van der Waals surface area contributed by atoms with Gasteiger partial charge < -0.3 is 11.5 Å². The molecule has 0 saturated heterocycles. The molecule has 23 heavy (non-hydrogen) atoms. The van der Waals surface area contributed by atoms with E-state index in [-0.39, 0.29) is 0 Å². The molecule has 2 saturated carbocycles.